The van der Waals surface area contributed by atoms with E-state index >= 15 is 0 Å². The SMILES string of the molecule is OC1CCCn2c(Cc3cccs3)nc(Cl)c21. The molecule has 0 aliphatic carbocycles. The lowest BCUT2D eigenvalue weighted by atomic mass is 10.1. The molecule has 0 saturated carbocycles. The van der Waals surface area contributed by atoms with E-state index in [0.29, 0.717) is 5.15 Å². The summed E-state index contributed by atoms with van der Waals surface area (Å²) in [4.78, 5) is 5.67. The third kappa shape index (κ3) is 2.01. The molecule has 0 bridgehead atoms. The van der Waals surface area contributed by atoms with E-state index in [1.165, 1.54) is 4.88 Å². The third-order valence-electron chi connectivity index (χ3n) is 3.13. The van der Waals surface area contributed by atoms with E-state index in [9.17, 15) is 5.11 Å². The molecule has 1 N–H and O–H groups in total. The van der Waals surface area contributed by atoms with Gasteiger partial charge < -0.3 is 9.67 Å². The summed E-state index contributed by atoms with van der Waals surface area (Å²) in [6.45, 7) is 0.910. The predicted octanol–water partition coefficient (Wildman–Crippen LogP) is 3.02. The van der Waals surface area contributed by atoms with E-state index < -0.39 is 6.10 Å². The summed E-state index contributed by atoms with van der Waals surface area (Å²) in [5.74, 6) is 0.964. The van der Waals surface area contributed by atoms with Crippen LogP contribution in [0, 0.1) is 0 Å². The minimum atomic E-state index is -0.458. The van der Waals surface area contributed by atoms with Gasteiger partial charge in [0, 0.05) is 17.8 Å². The molecule has 90 valence electrons. The highest BCUT2D eigenvalue weighted by Crippen LogP contribution is 2.32. The maximum atomic E-state index is 9.94. The summed E-state index contributed by atoms with van der Waals surface area (Å²) in [5.41, 5.74) is 0.796. The van der Waals surface area contributed by atoms with Crippen LogP contribution in [0.2, 0.25) is 5.15 Å². The van der Waals surface area contributed by atoms with Gasteiger partial charge in [-0.15, -0.1) is 11.3 Å². The van der Waals surface area contributed by atoms with Gasteiger partial charge in [-0.25, -0.2) is 4.98 Å². The molecule has 0 aromatic carbocycles. The quantitative estimate of drug-likeness (QED) is 0.909. The van der Waals surface area contributed by atoms with E-state index in [1.807, 2.05) is 6.07 Å². The van der Waals surface area contributed by atoms with Crippen molar-refractivity contribution in [3.8, 4) is 0 Å². The maximum Gasteiger partial charge on any atom is 0.153 e. The molecule has 0 spiro atoms. The van der Waals surface area contributed by atoms with E-state index in [-0.39, 0.29) is 0 Å². The molecule has 3 nitrogen and oxygen atoms in total. The van der Waals surface area contributed by atoms with E-state index in [1.54, 1.807) is 11.3 Å². The van der Waals surface area contributed by atoms with Crippen molar-refractivity contribution >= 4 is 22.9 Å². The van der Waals surface area contributed by atoms with Crippen LogP contribution in [0.5, 0.6) is 0 Å². The van der Waals surface area contributed by atoms with Crippen molar-refractivity contribution in [2.45, 2.75) is 31.9 Å². The monoisotopic (exact) mass is 268 g/mol. The smallest absolute Gasteiger partial charge is 0.153 e. The Hall–Kier alpha value is -0.840. The third-order valence-corrected chi connectivity index (χ3v) is 4.28. The molecule has 3 heterocycles. The fourth-order valence-corrected chi connectivity index (χ4v) is 3.36. The van der Waals surface area contributed by atoms with Crippen molar-refractivity contribution in [3.63, 3.8) is 0 Å². The normalized spacial score (nSPS) is 19.3. The van der Waals surface area contributed by atoms with Crippen LogP contribution in [-0.2, 0) is 13.0 Å². The Kier molecular flexibility index (Phi) is 2.94. The van der Waals surface area contributed by atoms with Gasteiger partial charge in [-0.2, -0.15) is 0 Å². The predicted molar refractivity (Wildman–Crippen MR) is 68.6 cm³/mol. The first-order valence-electron chi connectivity index (χ1n) is 5.71. The summed E-state index contributed by atoms with van der Waals surface area (Å²) in [5, 5.41) is 12.5. The van der Waals surface area contributed by atoms with Crippen molar-refractivity contribution in [2.24, 2.45) is 0 Å². The largest absolute Gasteiger partial charge is 0.387 e. The average molecular weight is 269 g/mol. The number of aliphatic hydroxyl groups excluding tert-OH is 1. The molecule has 0 radical (unpaired) electrons. The highest BCUT2D eigenvalue weighted by atomic mass is 35.5. The Morgan fingerprint density at radius 2 is 2.47 bits per heavy atom. The van der Waals surface area contributed by atoms with Gasteiger partial charge in [0.15, 0.2) is 5.15 Å². The number of rotatable bonds is 2. The van der Waals surface area contributed by atoms with Gasteiger partial charge >= 0.3 is 0 Å². The van der Waals surface area contributed by atoms with Crippen LogP contribution in [0.3, 0.4) is 0 Å². The second kappa shape index (κ2) is 4.44. The Labute approximate surface area is 109 Å². The number of hydrogen-bond donors (Lipinski definition) is 1. The molecule has 0 amide bonds. The number of fused-ring (bicyclic) bond motifs is 1. The lowest BCUT2D eigenvalue weighted by molar-refractivity contribution is 0.138. The molecule has 1 unspecified atom stereocenters. The Balaban J connectivity index is 1.98. The van der Waals surface area contributed by atoms with Crippen LogP contribution >= 0.6 is 22.9 Å². The van der Waals surface area contributed by atoms with Gasteiger partial charge in [-0.05, 0) is 24.3 Å². The summed E-state index contributed by atoms with van der Waals surface area (Å²) >= 11 is 7.83. The number of nitrogens with zero attached hydrogens (tertiary/aromatic N) is 2. The second-order valence-electron chi connectivity index (χ2n) is 4.27. The van der Waals surface area contributed by atoms with Gasteiger partial charge in [0.2, 0.25) is 0 Å². The molecule has 1 atom stereocenters. The van der Waals surface area contributed by atoms with Crippen LogP contribution in [-0.4, -0.2) is 14.7 Å². The number of halogens is 1. The molecular formula is C12H13ClN2OS. The number of aromatic nitrogens is 2. The van der Waals surface area contributed by atoms with Crippen LogP contribution < -0.4 is 0 Å². The summed E-state index contributed by atoms with van der Waals surface area (Å²) in [6.07, 6.45) is 2.10. The highest BCUT2D eigenvalue weighted by molar-refractivity contribution is 7.09. The van der Waals surface area contributed by atoms with Crippen molar-refractivity contribution in [3.05, 3.63) is 39.1 Å². The second-order valence-corrected chi connectivity index (χ2v) is 5.66. The minimum absolute atomic E-state index is 0.458. The lowest BCUT2D eigenvalue weighted by Crippen LogP contribution is -2.17. The number of imidazole rings is 1. The average Bonchev–Trinajstić information content (AvgIpc) is 2.90. The first-order valence-corrected chi connectivity index (χ1v) is 6.96. The number of thiophene rings is 1. The molecule has 0 saturated heterocycles. The fraction of sp³-hybridized carbons (Fsp3) is 0.417. The van der Waals surface area contributed by atoms with E-state index in [2.05, 4.69) is 21.0 Å². The number of hydrogen-bond acceptors (Lipinski definition) is 3. The van der Waals surface area contributed by atoms with Crippen molar-refractivity contribution in [1.82, 2.24) is 9.55 Å². The van der Waals surface area contributed by atoms with E-state index in [0.717, 1.165) is 37.3 Å². The zero-order valence-corrected chi connectivity index (χ0v) is 10.8. The van der Waals surface area contributed by atoms with Crippen LogP contribution in [0.1, 0.15) is 35.3 Å². The lowest BCUT2D eigenvalue weighted by Gasteiger charge is -2.21. The van der Waals surface area contributed by atoms with E-state index in [4.69, 9.17) is 11.6 Å². The molecule has 5 heteroatoms. The topological polar surface area (TPSA) is 38.0 Å². The first-order chi connectivity index (χ1) is 8.25. The zero-order chi connectivity index (χ0) is 11.8. The van der Waals surface area contributed by atoms with Crippen LogP contribution in [0.15, 0.2) is 17.5 Å². The molecule has 17 heavy (non-hydrogen) atoms. The molecule has 1 aliphatic rings. The van der Waals surface area contributed by atoms with Gasteiger partial charge in [-0.3, -0.25) is 0 Å². The standard InChI is InChI=1S/C12H13ClN2OS/c13-12-11-9(16)4-1-5-15(11)10(14-12)7-8-3-2-6-17-8/h2-3,6,9,16H,1,4-5,7H2. The van der Waals surface area contributed by atoms with Gasteiger partial charge in [-0.1, -0.05) is 17.7 Å². The molecule has 2 aromatic rings. The first kappa shape index (κ1) is 11.3. The van der Waals surface area contributed by atoms with Crippen LogP contribution in [0.4, 0.5) is 0 Å². The summed E-state index contributed by atoms with van der Waals surface area (Å²) < 4.78 is 2.08. The fourth-order valence-electron chi connectivity index (χ4n) is 2.33. The Morgan fingerprint density at radius 3 is 3.24 bits per heavy atom. The molecule has 1 aliphatic heterocycles. The van der Waals surface area contributed by atoms with Crippen LogP contribution in [0.25, 0.3) is 0 Å². The molecule has 3 rings (SSSR count). The number of aliphatic hydroxyl groups is 1. The van der Waals surface area contributed by atoms with Crippen molar-refractivity contribution in [2.75, 3.05) is 0 Å². The minimum Gasteiger partial charge on any atom is -0.387 e. The van der Waals surface area contributed by atoms with Crippen molar-refractivity contribution in [1.29, 1.82) is 0 Å². The Morgan fingerprint density at radius 1 is 1.59 bits per heavy atom. The Bertz CT molecular complexity index is 521. The van der Waals surface area contributed by atoms with Gasteiger partial charge in [0.25, 0.3) is 0 Å². The van der Waals surface area contributed by atoms with Gasteiger partial charge in [0.05, 0.1) is 11.8 Å². The summed E-state index contributed by atoms with van der Waals surface area (Å²) in [6, 6.07) is 4.13. The molecular weight excluding hydrogens is 256 g/mol. The summed E-state index contributed by atoms with van der Waals surface area (Å²) in [7, 11) is 0. The zero-order valence-electron chi connectivity index (χ0n) is 9.27. The van der Waals surface area contributed by atoms with Gasteiger partial charge in [0.1, 0.15) is 5.82 Å². The maximum absolute atomic E-state index is 9.94. The van der Waals surface area contributed by atoms with Crippen molar-refractivity contribution < 1.29 is 5.11 Å². The highest BCUT2D eigenvalue weighted by Gasteiger charge is 2.25. The molecule has 0 fully saturated rings. The molecule has 2 aromatic heterocycles.